The number of anilines is 1. The van der Waals surface area contributed by atoms with Crippen LogP contribution in [0.4, 0.5) is 5.69 Å². The summed E-state index contributed by atoms with van der Waals surface area (Å²) < 4.78 is 5.25. The molecule has 4 nitrogen and oxygen atoms in total. The highest BCUT2D eigenvalue weighted by molar-refractivity contribution is 6.30. The van der Waals surface area contributed by atoms with Gasteiger partial charge in [0.05, 0.1) is 12.8 Å². The summed E-state index contributed by atoms with van der Waals surface area (Å²) >= 11 is 5.90. The second kappa shape index (κ2) is 6.50. The lowest BCUT2D eigenvalue weighted by Crippen LogP contribution is -2.22. The maximum Gasteiger partial charge on any atom is 0.124 e. The molecule has 0 aliphatic rings. The molecule has 0 unspecified atom stereocenters. The average molecular weight is 304 g/mol. The molecule has 0 spiro atoms. The number of hydrogen-bond donors (Lipinski definition) is 2. The lowest BCUT2D eigenvalue weighted by atomic mass is 10.1. The number of nitrogens with zero attached hydrogens (tertiary/aromatic N) is 1. The van der Waals surface area contributed by atoms with Crippen LogP contribution in [-0.4, -0.2) is 20.0 Å². The summed E-state index contributed by atoms with van der Waals surface area (Å²) in [5.74, 6) is 0.772. The Balaban J connectivity index is 2.30. The van der Waals surface area contributed by atoms with Crippen molar-refractivity contribution >= 4 is 23.1 Å². The zero-order chi connectivity index (χ0) is 15.4. The molecule has 0 radical (unpaired) electrons. The Labute approximate surface area is 129 Å². The monoisotopic (exact) mass is 303 g/mol. The van der Waals surface area contributed by atoms with Crippen molar-refractivity contribution in [2.24, 2.45) is 5.73 Å². The lowest BCUT2D eigenvalue weighted by molar-refractivity contribution is 0.415. The summed E-state index contributed by atoms with van der Waals surface area (Å²) in [6.07, 6.45) is 0. The molecule has 0 fully saturated rings. The molecule has 3 N–H and O–H groups in total. The molecule has 5 heteroatoms. The van der Waals surface area contributed by atoms with Crippen LogP contribution in [0.2, 0.25) is 5.02 Å². The molecule has 0 saturated heterocycles. The lowest BCUT2D eigenvalue weighted by Gasteiger charge is -2.23. The van der Waals surface area contributed by atoms with E-state index in [1.54, 1.807) is 19.2 Å². The molecule has 0 aliphatic carbocycles. The molecular weight excluding hydrogens is 286 g/mol. The average Bonchev–Trinajstić information content (AvgIpc) is 2.48. The van der Waals surface area contributed by atoms with Crippen molar-refractivity contribution in [3.05, 3.63) is 58.6 Å². The van der Waals surface area contributed by atoms with E-state index in [1.807, 2.05) is 42.3 Å². The third kappa shape index (κ3) is 3.67. The molecule has 0 atom stereocenters. The largest absolute Gasteiger partial charge is 0.497 e. The first-order valence-electron chi connectivity index (χ1n) is 6.49. The minimum absolute atomic E-state index is 0.0376. The van der Waals surface area contributed by atoms with Crippen LogP contribution in [0.15, 0.2) is 42.5 Å². The first-order valence-corrected chi connectivity index (χ1v) is 6.87. The van der Waals surface area contributed by atoms with E-state index in [4.69, 9.17) is 27.5 Å². The van der Waals surface area contributed by atoms with Crippen LogP contribution >= 0.6 is 11.6 Å². The molecule has 110 valence electrons. The fourth-order valence-electron chi connectivity index (χ4n) is 2.13. The normalized spacial score (nSPS) is 10.2. The predicted octanol–water partition coefficient (Wildman–Crippen LogP) is 3.27. The van der Waals surface area contributed by atoms with Crippen LogP contribution in [0.5, 0.6) is 5.75 Å². The van der Waals surface area contributed by atoms with Crippen molar-refractivity contribution in [2.75, 3.05) is 19.1 Å². The number of benzene rings is 2. The van der Waals surface area contributed by atoms with Gasteiger partial charge in [0.25, 0.3) is 0 Å². The summed E-state index contributed by atoms with van der Waals surface area (Å²) in [4.78, 5) is 2.03. The van der Waals surface area contributed by atoms with E-state index in [0.29, 0.717) is 17.1 Å². The van der Waals surface area contributed by atoms with Crippen LogP contribution in [0.3, 0.4) is 0 Å². The van der Waals surface area contributed by atoms with E-state index in [-0.39, 0.29) is 5.84 Å². The Morgan fingerprint density at radius 1 is 1.24 bits per heavy atom. The van der Waals surface area contributed by atoms with Crippen LogP contribution < -0.4 is 15.4 Å². The van der Waals surface area contributed by atoms with Crippen molar-refractivity contribution in [2.45, 2.75) is 6.54 Å². The number of nitrogens with one attached hydrogen (secondary N) is 1. The molecule has 0 heterocycles. The fourth-order valence-corrected chi connectivity index (χ4v) is 2.26. The first kappa shape index (κ1) is 15.2. The van der Waals surface area contributed by atoms with Crippen LogP contribution in [0.25, 0.3) is 0 Å². The molecule has 0 aliphatic heterocycles. The third-order valence-corrected chi connectivity index (χ3v) is 3.49. The Hall–Kier alpha value is -2.20. The fraction of sp³-hybridized carbons (Fsp3) is 0.188. The molecule has 0 bridgehead atoms. The van der Waals surface area contributed by atoms with Crippen LogP contribution in [0.1, 0.15) is 11.1 Å². The summed E-state index contributed by atoms with van der Waals surface area (Å²) in [6, 6.07) is 13.2. The number of nitrogen functional groups attached to an aromatic ring is 1. The van der Waals surface area contributed by atoms with E-state index >= 15 is 0 Å². The summed E-state index contributed by atoms with van der Waals surface area (Å²) in [7, 11) is 3.57. The van der Waals surface area contributed by atoms with E-state index in [9.17, 15) is 0 Å². The van der Waals surface area contributed by atoms with Gasteiger partial charge in [0.2, 0.25) is 0 Å². The topological polar surface area (TPSA) is 62.3 Å². The van der Waals surface area contributed by atoms with Gasteiger partial charge in [0, 0.05) is 30.2 Å². The van der Waals surface area contributed by atoms with Gasteiger partial charge in [-0.05, 0) is 29.8 Å². The Morgan fingerprint density at radius 2 is 1.90 bits per heavy atom. The van der Waals surface area contributed by atoms with Crippen LogP contribution in [0, 0.1) is 5.41 Å². The number of nitrogens with two attached hydrogens (primary N) is 1. The molecule has 0 saturated carbocycles. The van der Waals surface area contributed by atoms with Gasteiger partial charge in [-0.3, -0.25) is 5.41 Å². The standard InChI is InChI=1S/C16H18ClN3O/c1-20(10-11-3-5-12(17)6-4-11)15-9-13(21-2)7-8-14(15)16(18)19/h3-9H,10H2,1-2H3,(H3,18,19). The molecule has 0 amide bonds. The van der Waals surface area contributed by atoms with Crippen molar-refractivity contribution in [3.63, 3.8) is 0 Å². The van der Waals surface area contributed by atoms with Gasteiger partial charge in [-0.2, -0.15) is 0 Å². The highest BCUT2D eigenvalue weighted by Crippen LogP contribution is 2.26. The minimum atomic E-state index is 0.0376. The second-order valence-electron chi connectivity index (χ2n) is 4.78. The van der Waals surface area contributed by atoms with Gasteiger partial charge in [0.1, 0.15) is 11.6 Å². The maximum absolute atomic E-state index is 7.70. The summed E-state index contributed by atoms with van der Waals surface area (Å²) in [5, 5.41) is 8.41. The van der Waals surface area contributed by atoms with E-state index in [2.05, 4.69) is 0 Å². The SMILES string of the molecule is COc1ccc(C(=N)N)c(N(C)Cc2ccc(Cl)cc2)c1. The number of ether oxygens (including phenoxy) is 1. The van der Waals surface area contributed by atoms with Gasteiger partial charge in [-0.25, -0.2) is 0 Å². The summed E-state index contributed by atoms with van der Waals surface area (Å²) in [6.45, 7) is 0.685. The molecule has 21 heavy (non-hydrogen) atoms. The summed E-state index contributed by atoms with van der Waals surface area (Å²) in [5.41, 5.74) is 8.33. The predicted molar refractivity (Wildman–Crippen MR) is 87.6 cm³/mol. The highest BCUT2D eigenvalue weighted by atomic mass is 35.5. The quantitative estimate of drug-likeness (QED) is 0.658. The number of hydrogen-bond acceptors (Lipinski definition) is 3. The smallest absolute Gasteiger partial charge is 0.124 e. The van der Waals surface area contributed by atoms with Crippen molar-refractivity contribution < 1.29 is 4.74 Å². The number of amidine groups is 1. The number of rotatable bonds is 5. The van der Waals surface area contributed by atoms with Crippen molar-refractivity contribution in [1.29, 1.82) is 5.41 Å². The van der Waals surface area contributed by atoms with Crippen molar-refractivity contribution in [3.8, 4) is 5.75 Å². The van der Waals surface area contributed by atoms with Crippen molar-refractivity contribution in [1.82, 2.24) is 0 Å². The molecule has 2 aromatic carbocycles. The van der Waals surface area contributed by atoms with Gasteiger partial charge >= 0.3 is 0 Å². The Bertz CT molecular complexity index is 640. The number of halogens is 1. The molecule has 2 rings (SSSR count). The van der Waals surface area contributed by atoms with Gasteiger partial charge in [0.15, 0.2) is 0 Å². The van der Waals surface area contributed by atoms with Gasteiger partial charge in [-0.15, -0.1) is 0 Å². The first-order chi connectivity index (χ1) is 10.0. The van der Waals surface area contributed by atoms with E-state index < -0.39 is 0 Å². The number of methoxy groups -OCH3 is 1. The zero-order valence-corrected chi connectivity index (χ0v) is 12.8. The van der Waals surface area contributed by atoms with Gasteiger partial charge in [-0.1, -0.05) is 23.7 Å². The van der Waals surface area contributed by atoms with Crippen LogP contribution in [-0.2, 0) is 6.54 Å². The maximum atomic E-state index is 7.70. The Morgan fingerprint density at radius 3 is 2.48 bits per heavy atom. The van der Waals surface area contributed by atoms with Gasteiger partial charge < -0.3 is 15.4 Å². The zero-order valence-electron chi connectivity index (χ0n) is 12.1. The van der Waals surface area contributed by atoms with E-state index in [1.165, 1.54) is 0 Å². The molecular formula is C16H18ClN3O. The second-order valence-corrected chi connectivity index (χ2v) is 5.22. The third-order valence-electron chi connectivity index (χ3n) is 3.24. The van der Waals surface area contributed by atoms with E-state index in [0.717, 1.165) is 17.0 Å². The molecule has 2 aromatic rings. The Kier molecular flexibility index (Phi) is 4.70. The highest BCUT2D eigenvalue weighted by Gasteiger charge is 2.12. The minimum Gasteiger partial charge on any atom is -0.497 e. The molecule has 0 aromatic heterocycles.